The lowest BCUT2D eigenvalue weighted by atomic mass is 10.1. The molecule has 1 amide bonds. The number of benzene rings is 1. The Hall–Kier alpha value is -1.97. The van der Waals surface area contributed by atoms with Gasteiger partial charge in [-0.1, -0.05) is 38.7 Å². The number of unbranched alkanes of at least 4 members (excludes halogenated alkanes) is 4. The lowest BCUT2D eigenvalue weighted by Gasteiger charge is -2.02. The van der Waals surface area contributed by atoms with Gasteiger partial charge in [0.2, 0.25) is 12.7 Å². The van der Waals surface area contributed by atoms with Crippen molar-refractivity contribution in [2.24, 2.45) is 0 Å². The van der Waals surface area contributed by atoms with Crippen LogP contribution < -0.4 is 14.8 Å². The van der Waals surface area contributed by atoms with Gasteiger partial charge in [0.15, 0.2) is 11.5 Å². The third-order valence-electron chi connectivity index (χ3n) is 3.40. The van der Waals surface area contributed by atoms with Crippen LogP contribution in [0.3, 0.4) is 0 Å². The maximum Gasteiger partial charge on any atom is 0.243 e. The molecule has 0 radical (unpaired) electrons. The number of fused-ring (bicyclic) bond motifs is 1. The summed E-state index contributed by atoms with van der Waals surface area (Å²) in [7, 11) is 0. The molecule has 4 nitrogen and oxygen atoms in total. The van der Waals surface area contributed by atoms with Crippen LogP contribution in [0.25, 0.3) is 6.08 Å². The zero-order valence-electron chi connectivity index (χ0n) is 12.6. The highest BCUT2D eigenvalue weighted by Crippen LogP contribution is 2.32. The molecule has 1 heterocycles. The number of nitrogens with one attached hydrogen (secondary N) is 1. The van der Waals surface area contributed by atoms with Crippen molar-refractivity contribution in [3.05, 3.63) is 29.8 Å². The zero-order valence-corrected chi connectivity index (χ0v) is 12.6. The molecule has 0 unspecified atom stereocenters. The predicted molar refractivity (Wildman–Crippen MR) is 83.4 cm³/mol. The van der Waals surface area contributed by atoms with Crippen molar-refractivity contribution in [3.63, 3.8) is 0 Å². The summed E-state index contributed by atoms with van der Waals surface area (Å²) >= 11 is 0. The average Bonchev–Trinajstić information content (AvgIpc) is 2.96. The van der Waals surface area contributed by atoms with Crippen molar-refractivity contribution in [1.29, 1.82) is 0 Å². The van der Waals surface area contributed by atoms with Gasteiger partial charge in [0, 0.05) is 12.6 Å². The maximum absolute atomic E-state index is 11.7. The molecule has 0 saturated carbocycles. The predicted octanol–water partition coefficient (Wildman–Crippen LogP) is 3.52. The van der Waals surface area contributed by atoms with E-state index in [1.54, 1.807) is 12.2 Å². The molecule has 0 fully saturated rings. The fraction of sp³-hybridized carbons (Fsp3) is 0.471. The van der Waals surface area contributed by atoms with E-state index in [9.17, 15) is 4.79 Å². The topological polar surface area (TPSA) is 47.6 Å². The van der Waals surface area contributed by atoms with Crippen LogP contribution in [0.4, 0.5) is 0 Å². The van der Waals surface area contributed by atoms with Crippen molar-refractivity contribution < 1.29 is 14.3 Å². The molecule has 1 aromatic carbocycles. The number of hydrogen-bond acceptors (Lipinski definition) is 3. The first kappa shape index (κ1) is 15.4. The Kier molecular flexibility index (Phi) is 6.13. The third kappa shape index (κ3) is 5.14. The molecule has 0 bridgehead atoms. The molecule has 0 saturated heterocycles. The second-order valence-corrected chi connectivity index (χ2v) is 5.15. The van der Waals surface area contributed by atoms with Crippen LogP contribution in [0.2, 0.25) is 0 Å². The Bertz CT molecular complexity index is 497. The Balaban J connectivity index is 1.70. The third-order valence-corrected chi connectivity index (χ3v) is 3.40. The van der Waals surface area contributed by atoms with E-state index in [2.05, 4.69) is 12.2 Å². The molecule has 4 heteroatoms. The fourth-order valence-electron chi connectivity index (χ4n) is 2.19. The van der Waals surface area contributed by atoms with Gasteiger partial charge in [0.1, 0.15) is 0 Å². The highest BCUT2D eigenvalue weighted by Gasteiger charge is 2.12. The summed E-state index contributed by atoms with van der Waals surface area (Å²) in [4.78, 5) is 11.7. The molecular weight excluding hydrogens is 266 g/mol. The summed E-state index contributed by atoms with van der Waals surface area (Å²) in [5.74, 6) is 1.43. The van der Waals surface area contributed by atoms with Crippen LogP contribution in [0.1, 0.15) is 44.6 Å². The van der Waals surface area contributed by atoms with Gasteiger partial charge >= 0.3 is 0 Å². The SMILES string of the molecule is CCCCCCCNC(=O)/C=C/c1ccc2c(c1)OCO2. The number of rotatable bonds is 8. The number of carbonyl (C=O) groups excluding carboxylic acids is 1. The van der Waals surface area contributed by atoms with Crippen molar-refractivity contribution in [2.75, 3.05) is 13.3 Å². The molecule has 0 atom stereocenters. The Morgan fingerprint density at radius 3 is 2.86 bits per heavy atom. The standard InChI is InChI=1S/C17H23NO3/c1-2-3-4-5-6-11-18-17(19)10-8-14-7-9-15-16(12-14)21-13-20-15/h7-10,12H,2-6,11,13H2,1H3,(H,18,19)/b10-8+. The van der Waals surface area contributed by atoms with E-state index >= 15 is 0 Å². The molecule has 1 aliphatic heterocycles. The van der Waals surface area contributed by atoms with Gasteiger partial charge in [0.25, 0.3) is 0 Å². The number of carbonyl (C=O) groups is 1. The number of hydrogen-bond donors (Lipinski definition) is 1. The van der Waals surface area contributed by atoms with Gasteiger partial charge in [0.05, 0.1) is 0 Å². The van der Waals surface area contributed by atoms with Crippen molar-refractivity contribution in [1.82, 2.24) is 5.32 Å². The second-order valence-electron chi connectivity index (χ2n) is 5.15. The van der Waals surface area contributed by atoms with E-state index in [1.165, 1.54) is 25.7 Å². The number of ether oxygens (including phenoxy) is 2. The minimum absolute atomic E-state index is 0.0526. The second kappa shape index (κ2) is 8.35. The van der Waals surface area contributed by atoms with Crippen LogP contribution in [0, 0.1) is 0 Å². The van der Waals surface area contributed by atoms with Crippen LogP contribution >= 0.6 is 0 Å². The summed E-state index contributed by atoms with van der Waals surface area (Å²) < 4.78 is 10.5. The smallest absolute Gasteiger partial charge is 0.243 e. The van der Waals surface area contributed by atoms with Gasteiger partial charge in [-0.15, -0.1) is 0 Å². The van der Waals surface area contributed by atoms with Crippen LogP contribution in [-0.2, 0) is 4.79 Å². The molecule has 2 rings (SSSR count). The first-order chi connectivity index (χ1) is 10.3. The van der Waals surface area contributed by atoms with Crippen LogP contribution in [0.5, 0.6) is 11.5 Å². The van der Waals surface area contributed by atoms with Crippen LogP contribution in [0.15, 0.2) is 24.3 Å². The monoisotopic (exact) mass is 289 g/mol. The lowest BCUT2D eigenvalue weighted by Crippen LogP contribution is -2.21. The molecule has 1 N–H and O–H groups in total. The summed E-state index contributed by atoms with van der Waals surface area (Å²) in [6.07, 6.45) is 9.34. The lowest BCUT2D eigenvalue weighted by molar-refractivity contribution is -0.116. The average molecular weight is 289 g/mol. The molecule has 1 aliphatic rings. The van der Waals surface area contributed by atoms with Gasteiger partial charge in [-0.2, -0.15) is 0 Å². The van der Waals surface area contributed by atoms with E-state index in [0.717, 1.165) is 30.0 Å². The Morgan fingerprint density at radius 2 is 2.00 bits per heavy atom. The normalized spacial score (nSPS) is 12.8. The van der Waals surface area contributed by atoms with E-state index < -0.39 is 0 Å². The van der Waals surface area contributed by atoms with Gasteiger partial charge in [-0.25, -0.2) is 0 Å². The molecule has 0 spiro atoms. The van der Waals surface area contributed by atoms with Crippen molar-refractivity contribution in [3.8, 4) is 11.5 Å². The highest BCUT2D eigenvalue weighted by molar-refractivity contribution is 5.91. The maximum atomic E-state index is 11.7. The van der Waals surface area contributed by atoms with E-state index in [4.69, 9.17) is 9.47 Å². The highest BCUT2D eigenvalue weighted by atomic mass is 16.7. The van der Waals surface area contributed by atoms with E-state index in [-0.39, 0.29) is 12.7 Å². The van der Waals surface area contributed by atoms with Crippen LogP contribution in [-0.4, -0.2) is 19.2 Å². The molecule has 0 aliphatic carbocycles. The molecular formula is C17H23NO3. The van der Waals surface area contributed by atoms with Crippen molar-refractivity contribution >= 4 is 12.0 Å². The van der Waals surface area contributed by atoms with E-state index in [0.29, 0.717) is 0 Å². The number of amides is 1. The zero-order chi connectivity index (χ0) is 14.9. The minimum atomic E-state index is -0.0526. The fourth-order valence-corrected chi connectivity index (χ4v) is 2.19. The van der Waals surface area contributed by atoms with Gasteiger partial charge in [-0.05, 0) is 30.2 Å². The van der Waals surface area contributed by atoms with Gasteiger partial charge < -0.3 is 14.8 Å². The minimum Gasteiger partial charge on any atom is -0.454 e. The molecule has 1 aromatic rings. The molecule has 0 aromatic heterocycles. The Morgan fingerprint density at radius 1 is 1.19 bits per heavy atom. The molecule has 114 valence electrons. The Labute approximate surface area is 126 Å². The van der Waals surface area contributed by atoms with E-state index in [1.807, 2.05) is 18.2 Å². The summed E-state index contributed by atoms with van der Waals surface area (Å²) in [6, 6.07) is 5.63. The van der Waals surface area contributed by atoms with Gasteiger partial charge in [-0.3, -0.25) is 4.79 Å². The quantitative estimate of drug-likeness (QED) is 0.588. The first-order valence-corrected chi connectivity index (χ1v) is 7.65. The first-order valence-electron chi connectivity index (χ1n) is 7.65. The summed E-state index contributed by atoms with van der Waals surface area (Å²) in [5, 5.41) is 2.90. The summed E-state index contributed by atoms with van der Waals surface area (Å²) in [6.45, 7) is 3.21. The largest absolute Gasteiger partial charge is 0.454 e. The molecule has 21 heavy (non-hydrogen) atoms. The van der Waals surface area contributed by atoms with Crippen molar-refractivity contribution in [2.45, 2.75) is 39.0 Å². The summed E-state index contributed by atoms with van der Waals surface area (Å²) in [5.41, 5.74) is 0.928.